The maximum atomic E-state index is 11.9. The topological polar surface area (TPSA) is 78.5 Å². The molecule has 0 aromatic heterocycles. The first kappa shape index (κ1) is 16.5. The number of amides is 2. The van der Waals surface area contributed by atoms with Crippen LogP contribution in [0.4, 0.5) is 4.79 Å². The maximum Gasteiger partial charge on any atom is 0.315 e. The molecule has 1 saturated heterocycles. The van der Waals surface area contributed by atoms with E-state index in [1.807, 2.05) is 0 Å². The molecular formula is C14H27N3O3S. The largest absolute Gasteiger partial charge is 0.338 e. The number of sulfonamides is 1. The molecule has 0 aromatic carbocycles. The van der Waals surface area contributed by atoms with Crippen LogP contribution in [-0.4, -0.2) is 50.7 Å². The van der Waals surface area contributed by atoms with Gasteiger partial charge < -0.3 is 10.6 Å². The molecule has 2 rings (SSSR count). The van der Waals surface area contributed by atoms with Crippen LogP contribution in [0.15, 0.2) is 0 Å². The van der Waals surface area contributed by atoms with Crippen molar-refractivity contribution in [3.63, 3.8) is 0 Å². The molecule has 1 aliphatic heterocycles. The SMILES string of the molecule is C[C@H]1CCC[C@@H]1NC(=O)NCC1CCN(S(C)(=O)=O)CC1. The van der Waals surface area contributed by atoms with Gasteiger partial charge in [0.25, 0.3) is 0 Å². The summed E-state index contributed by atoms with van der Waals surface area (Å²) in [6.45, 7) is 3.93. The fourth-order valence-electron chi connectivity index (χ4n) is 3.26. The van der Waals surface area contributed by atoms with Crippen molar-refractivity contribution in [1.29, 1.82) is 0 Å². The van der Waals surface area contributed by atoms with Crippen LogP contribution in [0.25, 0.3) is 0 Å². The van der Waals surface area contributed by atoms with Gasteiger partial charge in [0, 0.05) is 25.7 Å². The molecule has 2 amide bonds. The second-order valence-corrected chi connectivity index (χ2v) is 8.46. The lowest BCUT2D eigenvalue weighted by Crippen LogP contribution is -2.46. The van der Waals surface area contributed by atoms with Gasteiger partial charge in [-0.25, -0.2) is 17.5 Å². The molecule has 1 heterocycles. The number of urea groups is 1. The number of carbonyl (C=O) groups is 1. The molecule has 21 heavy (non-hydrogen) atoms. The van der Waals surface area contributed by atoms with E-state index in [-0.39, 0.29) is 6.03 Å². The Balaban J connectivity index is 1.66. The molecule has 0 spiro atoms. The van der Waals surface area contributed by atoms with E-state index in [0.29, 0.717) is 37.5 Å². The highest BCUT2D eigenvalue weighted by molar-refractivity contribution is 7.88. The van der Waals surface area contributed by atoms with Crippen LogP contribution in [0, 0.1) is 11.8 Å². The molecule has 122 valence electrons. The van der Waals surface area contributed by atoms with Crippen LogP contribution in [-0.2, 0) is 10.0 Å². The lowest BCUT2D eigenvalue weighted by molar-refractivity contribution is 0.225. The van der Waals surface area contributed by atoms with Crippen molar-refractivity contribution in [2.75, 3.05) is 25.9 Å². The number of rotatable bonds is 4. The van der Waals surface area contributed by atoms with Gasteiger partial charge in [-0.1, -0.05) is 13.3 Å². The van der Waals surface area contributed by atoms with Gasteiger partial charge in [0.1, 0.15) is 0 Å². The Morgan fingerprint density at radius 3 is 2.38 bits per heavy atom. The third-order valence-electron chi connectivity index (χ3n) is 4.77. The number of piperidine rings is 1. The number of nitrogens with zero attached hydrogens (tertiary/aromatic N) is 1. The Kier molecular flexibility index (Phi) is 5.48. The van der Waals surface area contributed by atoms with Crippen molar-refractivity contribution < 1.29 is 13.2 Å². The third kappa shape index (κ3) is 4.85. The van der Waals surface area contributed by atoms with E-state index < -0.39 is 10.0 Å². The van der Waals surface area contributed by atoms with Gasteiger partial charge in [-0.2, -0.15) is 0 Å². The van der Waals surface area contributed by atoms with E-state index in [0.717, 1.165) is 19.3 Å². The summed E-state index contributed by atoms with van der Waals surface area (Å²) in [5, 5.41) is 5.98. The zero-order valence-corrected chi connectivity index (χ0v) is 13.8. The minimum Gasteiger partial charge on any atom is -0.338 e. The van der Waals surface area contributed by atoms with Crippen LogP contribution >= 0.6 is 0 Å². The fraction of sp³-hybridized carbons (Fsp3) is 0.929. The zero-order chi connectivity index (χ0) is 15.5. The highest BCUT2D eigenvalue weighted by Gasteiger charge is 2.27. The Morgan fingerprint density at radius 2 is 1.86 bits per heavy atom. The Labute approximate surface area is 127 Å². The predicted octanol–water partition coefficient (Wildman–Crippen LogP) is 1.15. The van der Waals surface area contributed by atoms with Gasteiger partial charge in [0.2, 0.25) is 10.0 Å². The normalized spacial score (nSPS) is 28.5. The van der Waals surface area contributed by atoms with Gasteiger partial charge in [0.15, 0.2) is 0 Å². The summed E-state index contributed by atoms with van der Waals surface area (Å²) in [5.41, 5.74) is 0. The Morgan fingerprint density at radius 1 is 1.19 bits per heavy atom. The van der Waals surface area contributed by atoms with Crippen molar-refractivity contribution >= 4 is 16.1 Å². The molecule has 2 aliphatic rings. The Bertz CT molecular complexity index is 458. The van der Waals surface area contributed by atoms with Crippen molar-refractivity contribution in [2.45, 2.75) is 45.1 Å². The van der Waals surface area contributed by atoms with Crippen molar-refractivity contribution in [2.24, 2.45) is 11.8 Å². The van der Waals surface area contributed by atoms with Crippen LogP contribution in [0.5, 0.6) is 0 Å². The molecule has 2 atom stereocenters. The molecule has 1 saturated carbocycles. The summed E-state index contributed by atoms with van der Waals surface area (Å²) >= 11 is 0. The van der Waals surface area contributed by atoms with Gasteiger partial charge in [-0.05, 0) is 37.5 Å². The molecule has 0 unspecified atom stereocenters. The highest BCUT2D eigenvalue weighted by Crippen LogP contribution is 2.24. The minimum atomic E-state index is -3.07. The van der Waals surface area contributed by atoms with E-state index in [9.17, 15) is 13.2 Å². The molecule has 1 aliphatic carbocycles. The first-order chi connectivity index (χ1) is 9.86. The number of hydrogen-bond acceptors (Lipinski definition) is 3. The van der Waals surface area contributed by atoms with Crippen LogP contribution in [0.1, 0.15) is 39.0 Å². The summed E-state index contributed by atoms with van der Waals surface area (Å²) in [5.74, 6) is 0.934. The second-order valence-electron chi connectivity index (χ2n) is 6.47. The summed E-state index contributed by atoms with van der Waals surface area (Å²) in [6, 6.07) is 0.219. The molecular weight excluding hydrogens is 290 g/mol. The van der Waals surface area contributed by atoms with Crippen LogP contribution in [0.2, 0.25) is 0 Å². The zero-order valence-electron chi connectivity index (χ0n) is 13.0. The summed E-state index contributed by atoms with van der Waals surface area (Å²) in [7, 11) is -3.07. The minimum absolute atomic E-state index is 0.0840. The molecule has 0 radical (unpaired) electrons. The highest BCUT2D eigenvalue weighted by atomic mass is 32.2. The van der Waals surface area contributed by atoms with Crippen molar-refractivity contribution in [1.82, 2.24) is 14.9 Å². The van der Waals surface area contributed by atoms with Gasteiger partial charge in [-0.3, -0.25) is 0 Å². The van der Waals surface area contributed by atoms with E-state index >= 15 is 0 Å². The predicted molar refractivity (Wildman–Crippen MR) is 82.5 cm³/mol. The monoisotopic (exact) mass is 317 g/mol. The number of nitrogens with one attached hydrogen (secondary N) is 2. The van der Waals surface area contributed by atoms with Crippen LogP contribution < -0.4 is 10.6 Å². The average Bonchev–Trinajstić information content (AvgIpc) is 2.81. The first-order valence-corrected chi connectivity index (χ1v) is 9.70. The molecule has 2 N–H and O–H groups in total. The lowest BCUT2D eigenvalue weighted by atomic mass is 9.98. The van der Waals surface area contributed by atoms with E-state index in [1.54, 1.807) is 0 Å². The van der Waals surface area contributed by atoms with Crippen molar-refractivity contribution in [3.05, 3.63) is 0 Å². The van der Waals surface area contributed by atoms with E-state index in [4.69, 9.17) is 0 Å². The molecule has 7 heteroatoms. The molecule has 0 bridgehead atoms. The van der Waals surface area contributed by atoms with Gasteiger partial charge >= 0.3 is 6.03 Å². The Hall–Kier alpha value is -0.820. The first-order valence-electron chi connectivity index (χ1n) is 7.85. The molecule has 2 fully saturated rings. The quantitative estimate of drug-likeness (QED) is 0.816. The fourth-order valence-corrected chi connectivity index (χ4v) is 4.14. The summed E-state index contributed by atoms with van der Waals surface area (Å²) in [6.07, 6.45) is 6.33. The smallest absolute Gasteiger partial charge is 0.315 e. The number of carbonyl (C=O) groups excluding carboxylic acids is 1. The third-order valence-corrected chi connectivity index (χ3v) is 6.07. The second kappa shape index (κ2) is 6.96. The van der Waals surface area contributed by atoms with E-state index in [2.05, 4.69) is 17.6 Å². The average molecular weight is 317 g/mol. The summed E-state index contributed by atoms with van der Waals surface area (Å²) in [4.78, 5) is 11.9. The molecule has 0 aromatic rings. The summed E-state index contributed by atoms with van der Waals surface area (Å²) < 4.78 is 24.4. The van der Waals surface area contributed by atoms with E-state index in [1.165, 1.54) is 23.4 Å². The van der Waals surface area contributed by atoms with Crippen LogP contribution in [0.3, 0.4) is 0 Å². The van der Waals surface area contributed by atoms with Crippen molar-refractivity contribution in [3.8, 4) is 0 Å². The lowest BCUT2D eigenvalue weighted by Gasteiger charge is -2.30. The maximum absolute atomic E-state index is 11.9. The molecule has 6 nitrogen and oxygen atoms in total. The number of hydrogen-bond donors (Lipinski definition) is 2. The van der Waals surface area contributed by atoms with Gasteiger partial charge in [0.05, 0.1) is 6.26 Å². The standard InChI is InChI=1S/C14H27N3O3S/c1-11-4-3-5-13(11)16-14(18)15-10-12-6-8-17(9-7-12)21(2,19)20/h11-13H,3-10H2,1-2H3,(H2,15,16,18)/t11-,13-/m0/s1. The van der Waals surface area contributed by atoms with Gasteiger partial charge in [-0.15, -0.1) is 0 Å².